The van der Waals surface area contributed by atoms with Crippen molar-refractivity contribution in [3.05, 3.63) is 47.5 Å². The number of ketones is 1. The average molecular weight is 341 g/mol. The molecule has 0 unspecified atom stereocenters. The minimum Gasteiger partial charge on any atom is -0.484 e. The second kappa shape index (κ2) is 7.25. The molecular formula is C19H19NO5. The van der Waals surface area contributed by atoms with Crippen LogP contribution in [0.25, 0.3) is 0 Å². The third kappa shape index (κ3) is 3.91. The molecule has 0 radical (unpaired) electrons. The lowest BCUT2D eigenvalue weighted by Gasteiger charge is -2.11. The van der Waals surface area contributed by atoms with E-state index in [1.165, 1.54) is 6.92 Å². The lowest BCUT2D eigenvalue weighted by Crippen LogP contribution is -2.21. The first-order valence-corrected chi connectivity index (χ1v) is 8.03. The highest BCUT2D eigenvalue weighted by atomic mass is 16.7. The van der Waals surface area contributed by atoms with Crippen LogP contribution in [-0.4, -0.2) is 25.1 Å². The van der Waals surface area contributed by atoms with E-state index >= 15 is 0 Å². The number of anilines is 1. The number of hydrogen-bond donors (Lipinski definition) is 1. The lowest BCUT2D eigenvalue weighted by molar-refractivity contribution is -0.118. The molecule has 3 rings (SSSR count). The van der Waals surface area contributed by atoms with Gasteiger partial charge in [0.25, 0.3) is 5.91 Å². The van der Waals surface area contributed by atoms with E-state index in [2.05, 4.69) is 12.2 Å². The number of Topliss-reactive ketones (excluding diaryl/α,β-unsaturated/α-hetero) is 1. The van der Waals surface area contributed by atoms with Gasteiger partial charge in [0.15, 0.2) is 23.9 Å². The molecule has 6 nitrogen and oxygen atoms in total. The summed E-state index contributed by atoms with van der Waals surface area (Å²) in [7, 11) is 0. The van der Waals surface area contributed by atoms with Gasteiger partial charge in [-0.25, -0.2) is 0 Å². The van der Waals surface area contributed by atoms with Gasteiger partial charge >= 0.3 is 0 Å². The molecule has 1 aliphatic rings. The molecule has 0 bridgehead atoms. The van der Waals surface area contributed by atoms with E-state index in [9.17, 15) is 9.59 Å². The molecule has 25 heavy (non-hydrogen) atoms. The van der Waals surface area contributed by atoms with Crippen LogP contribution in [0.3, 0.4) is 0 Å². The van der Waals surface area contributed by atoms with E-state index in [-0.39, 0.29) is 25.1 Å². The Morgan fingerprint density at radius 2 is 1.92 bits per heavy atom. The van der Waals surface area contributed by atoms with Crippen molar-refractivity contribution in [2.45, 2.75) is 20.3 Å². The molecule has 6 heteroatoms. The molecule has 1 amide bonds. The van der Waals surface area contributed by atoms with Crippen molar-refractivity contribution in [1.82, 2.24) is 0 Å². The minimum absolute atomic E-state index is 0.0982. The number of carbonyl (C=O) groups is 2. The molecular weight excluding hydrogens is 322 g/mol. The molecule has 130 valence electrons. The van der Waals surface area contributed by atoms with Crippen LogP contribution < -0.4 is 19.5 Å². The Bertz CT molecular complexity index is 815. The Hall–Kier alpha value is -3.02. The van der Waals surface area contributed by atoms with Crippen LogP contribution in [0.2, 0.25) is 0 Å². The summed E-state index contributed by atoms with van der Waals surface area (Å²) in [6.45, 7) is 3.43. The van der Waals surface area contributed by atoms with E-state index in [0.717, 1.165) is 12.0 Å². The first kappa shape index (κ1) is 16.8. The molecule has 1 heterocycles. The van der Waals surface area contributed by atoms with Gasteiger partial charge < -0.3 is 19.5 Å². The zero-order valence-electron chi connectivity index (χ0n) is 14.1. The predicted octanol–water partition coefficient (Wildman–Crippen LogP) is 3.20. The Morgan fingerprint density at radius 1 is 1.16 bits per heavy atom. The Morgan fingerprint density at radius 3 is 2.64 bits per heavy atom. The largest absolute Gasteiger partial charge is 0.484 e. The van der Waals surface area contributed by atoms with Crippen molar-refractivity contribution in [3.8, 4) is 17.2 Å². The third-order valence-electron chi connectivity index (χ3n) is 3.84. The molecule has 1 N–H and O–H groups in total. The van der Waals surface area contributed by atoms with Crippen LogP contribution in [-0.2, 0) is 11.2 Å². The van der Waals surface area contributed by atoms with Gasteiger partial charge in [-0.1, -0.05) is 19.1 Å². The molecule has 0 spiro atoms. The number of fused-ring (bicyclic) bond motifs is 1. The van der Waals surface area contributed by atoms with Crippen molar-refractivity contribution < 1.29 is 23.8 Å². The van der Waals surface area contributed by atoms with E-state index < -0.39 is 0 Å². The number of carbonyl (C=O) groups excluding carboxylic acids is 2. The topological polar surface area (TPSA) is 73.9 Å². The SMILES string of the molecule is CCc1cccc(OCC(=O)Nc2cc3c(cc2C(C)=O)OCO3)c1. The zero-order valence-corrected chi connectivity index (χ0v) is 14.1. The Balaban J connectivity index is 1.69. The fourth-order valence-electron chi connectivity index (χ4n) is 2.53. The van der Waals surface area contributed by atoms with Crippen molar-refractivity contribution in [2.24, 2.45) is 0 Å². The van der Waals surface area contributed by atoms with Crippen molar-refractivity contribution in [2.75, 3.05) is 18.7 Å². The van der Waals surface area contributed by atoms with Gasteiger partial charge in [0, 0.05) is 11.6 Å². The van der Waals surface area contributed by atoms with Gasteiger partial charge in [-0.05, 0) is 37.1 Å². The standard InChI is InChI=1S/C19H19NO5/c1-3-13-5-4-6-14(7-13)23-10-19(22)20-16-9-18-17(24-11-25-18)8-15(16)12(2)21/h4-9H,3,10-11H2,1-2H3,(H,20,22). The highest BCUT2D eigenvalue weighted by molar-refractivity contribution is 6.04. The molecule has 0 aromatic heterocycles. The summed E-state index contributed by atoms with van der Waals surface area (Å²) in [6.07, 6.45) is 0.891. The number of rotatable bonds is 6. The molecule has 2 aromatic rings. The normalized spacial score (nSPS) is 11.9. The number of ether oxygens (including phenoxy) is 3. The predicted molar refractivity (Wildman–Crippen MR) is 92.5 cm³/mol. The molecule has 0 atom stereocenters. The number of hydrogen-bond acceptors (Lipinski definition) is 5. The van der Waals surface area contributed by atoms with Gasteiger partial charge in [0.1, 0.15) is 5.75 Å². The summed E-state index contributed by atoms with van der Waals surface area (Å²) in [5.41, 5.74) is 1.88. The van der Waals surface area contributed by atoms with Crippen molar-refractivity contribution in [1.29, 1.82) is 0 Å². The Labute approximate surface area is 145 Å². The summed E-state index contributed by atoms with van der Waals surface area (Å²) in [5, 5.41) is 2.70. The quantitative estimate of drug-likeness (QED) is 0.817. The summed E-state index contributed by atoms with van der Waals surface area (Å²) in [5.74, 6) is 1.09. The van der Waals surface area contributed by atoms with E-state index in [0.29, 0.717) is 28.5 Å². The number of benzene rings is 2. The van der Waals surface area contributed by atoms with Crippen LogP contribution in [0, 0.1) is 0 Å². The fourth-order valence-corrected chi connectivity index (χ4v) is 2.53. The smallest absolute Gasteiger partial charge is 0.262 e. The monoisotopic (exact) mass is 341 g/mol. The van der Waals surface area contributed by atoms with E-state index in [1.807, 2.05) is 18.2 Å². The van der Waals surface area contributed by atoms with Crippen molar-refractivity contribution >= 4 is 17.4 Å². The number of aryl methyl sites for hydroxylation is 1. The molecule has 0 fully saturated rings. The van der Waals surface area contributed by atoms with Crippen LogP contribution in [0.15, 0.2) is 36.4 Å². The van der Waals surface area contributed by atoms with Gasteiger partial charge in [0.2, 0.25) is 6.79 Å². The van der Waals surface area contributed by atoms with Crippen LogP contribution in [0.1, 0.15) is 29.8 Å². The van der Waals surface area contributed by atoms with E-state index in [1.54, 1.807) is 18.2 Å². The first-order valence-electron chi connectivity index (χ1n) is 8.03. The first-order chi connectivity index (χ1) is 12.1. The molecule has 1 aliphatic heterocycles. The summed E-state index contributed by atoms with van der Waals surface area (Å²) < 4.78 is 16.1. The summed E-state index contributed by atoms with van der Waals surface area (Å²) >= 11 is 0. The third-order valence-corrected chi connectivity index (χ3v) is 3.84. The molecule has 2 aromatic carbocycles. The van der Waals surface area contributed by atoms with Gasteiger partial charge in [0.05, 0.1) is 5.69 Å². The van der Waals surface area contributed by atoms with Gasteiger partial charge in [-0.15, -0.1) is 0 Å². The Kier molecular flexibility index (Phi) is 4.88. The fraction of sp³-hybridized carbons (Fsp3) is 0.263. The maximum Gasteiger partial charge on any atom is 0.262 e. The van der Waals surface area contributed by atoms with E-state index in [4.69, 9.17) is 14.2 Å². The summed E-state index contributed by atoms with van der Waals surface area (Å²) in [4.78, 5) is 24.0. The van der Waals surface area contributed by atoms with Gasteiger partial charge in [-0.2, -0.15) is 0 Å². The zero-order chi connectivity index (χ0) is 17.8. The van der Waals surface area contributed by atoms with Crippen LogP contribution >= 0.6 is 0 Å². The number of amides is 1. The van der Waals surface area contributed by atoms with Crippen molar-refractivity contribution in [3.63, 3.8) is 0 Å². The molecule has 0 saturated heterocycles. The second-order valence-electron chi connectivity index (χ2n) is 5.65. The summed E-state index contributed by atoms with van der Waals surface area (Å²) in [6, 6.07) is 10.7. The molecule has 0 saturated carbocycles. The second-order valence-corrected chi connectivity index (χ2v) is 5.65. The number of nitrogens with one attached hydrogen (secondary N) is 1. The maximum absolute atomic E-state index is 12.2. The lowest BCUT2D eigenvalue weighted by atomic mass is 10.1. The highest BCUT2D eigenvalue weighted by Gasteiger charge is 2.20. The average Bonchev–Trinajstić information content (AvgIpc) is 3.06. The van der Waals surface area contributed by atoms with Crippen LogP contribution in [0.4, 0.5) is 5.69 Å². The highest BCUT2D eigenvalue weighted by Crippen LogP contribution is 2.37. The van der Waals surface area contributed by atoms with Crippen LogP contribution in [0.5, 0.6) is 17.2 Å². The van der Waals surface area contributed by atoms with Gasteiger partial charge in [-0.3, -0.25) is 9.59 Å². The minimum atomic E-state index is -0.358. The maximum atomic E-state index is 12.2. The molecule has 0 aliphatic carbocycles.